The van der Waals surface area contributed by atoms with E-state index in [4.69, 9.17) is 17.3 Å². The van der Waals surface area contributed by atoms with Gasteiger partial charge in [-0.3, -0.25) is 0 Å². The number of benzene rings is 1. The Morgan fingerprint density at radius 1 is 1.40 bits per heavy atom. The zero-order valence-corrected chi connectivity index (χ0v) is 9.58. The molecule has 1 aromatic rings. The second-order valence-corrected chi connectivity index (χ2v) is 3.63. The van der Waals surface area contributed by atoms with Gasteiger partial charge in [0.2, 0.25) is 0 Å². The van der Waals surface area contributed by atoms with E-state index >= 15 is 0 Å². The fourth-order valence-corrected chi connectivity index (χ4v) is 1.79. The molecule has 0 amide bonds. The van der Waals surface area contributed by atoms with E-state index in [2.05, 4.69) is 20.7 Å². The molecule has 15 heavy (non-hydrogen) atoms. The molecule has 0 unspecified atom stereocenters. The fraction of sp³-hybridized carbons (Fsp3) is 0.250. The average molecular weight is 304 g/mol. The Balaban J connectivity index is 3.08. The van der Waals surface area contributed by atoms with E-state index in [1.807, 2.05) is 0 Å². The van der Waals surface area contributed by atoms with Crippen LogP contribution in [-0.4, -0.2) is 6.36 Å². The molecule has 84 valence electrons. The van der Waals surface area contributed by atoms with Crippen LogP contribution in [0.3, 0.4) is 0 Å². The first-order chi connectivity index (χ1) is 6.83. The van der Waals surface area contributed by atoms with Crippen molar-refractivity contribution in [3.8, 4) is 5.75 Å². The minimum absolute atomic E-state index is 0.151. The Morgan fingerprint density at radius 3 is 2.47 bits per heavy atom. The van der Waals surface area contributed by atoms with Crippen molar-refractivity contribution in [3.63, 3.8) is 0 Å². The van der Waals surface area contributed by atoms with Crippen LogP contribution in [0.1, 0.15) is 5.56 Å². The normalized spacial score (nSPS) is 11.5. The predicted molar refractivity (Wildman–Crippen MR) is 55.2 cm³/mol. The predicted octanol–water partition coefficient (Wildman–Crippen LogP) is 3.72. The van der Waals surface area contributed by atoms with Gasteiger partial charge in [-0.25, -0.2) is 0 Å². The summed E-state index contributed by atoms with van der Waals surface area (Å²) in [6.07, 6.45) is -4.76. The van der Waals surface area contributed by atoms with Crippen molar-refractivity contribution in [2.24, 2.45) is 0 Å². The maximum absolute atomic E-state index is 11.9. The molecule has 2 nitrogen and oxygen atoms in total. The molecule has 1 rings (SSSR count). The van der Waals surface area contributed by atoms with E-state index in [1.54, 1.807) is 0 Å². The highest BCUT2D eigenvalue weighted by Gasteiger charge is 2.32. The molecule has 0 aromatic heterocycles. The van der Waals surface area contributed by atoms with Gasteiger partial charge in [0, 0.05) is 10.4 Å². The summed E-state index contributed by atoms with van der Waals surface area (Å²) in [5.74, 6) is -0.443. The molecule has 0 aliphatic rings. The van der Waals surface area contributed by atoms with Gasteiger partial charge in [-0.15, -0.1) is 13.2 Å². The third kappa shape index (κ3) is 3.46. The van der Waals surface area contributed by atoms with E-state index < -0.39 is 12.1 Å². The molecular formula is C8H6BrClF3NO. The van der Waals surface area contributed by atoms with Crippen molar-refractivity contribution in [1.82, 2.24) is 0 Å². The molecular weight excluding hydrogens is 298 g/mol. The van der Waals surface area contributed by atoms with E-state index in [-0.39, 0.29) is 5.69 Å². The third-order valence-corrected chi connectivity index (χ3v) is 2.50. The number of alkyl halides is 4. The molecule has 2 N–H and O–H groups in total. The molecule has 0 radical (unpaired) electrons. The molecule has 0 atom stereocenters. The summed E-state index contributed by atoms with van der Waals surface area (Å²) in [6.45, 7) is 0. The molecule has 0 fully saturated rings. The first-order valence-corrected chi connectivity index (χ1v) is 5.23. The van der Waals surface area contributed by atoms with Crippen molar-refractivity contribution in [3.05, 3.63) is 22.7 Å². The van der Waals surface area contributed by atoms with Crippen molar-refractivity contribution < 1.29 is 17.9 Å². The topological polar surface area (TPSA) is 35.2 Å². The van der Waals surface area contributed by atoms with Crippen molar-refractivity contribution in [2.45, 2.75) is 11.7 Å². The largest absolute Gasteiger partial charge is 0.573 e. The molecule has 0 spiro atoms. The molecule has 0 heterocycles. The van der Waals surface area contributed by atoms with Crippen LogP contribution in [-0.2, 0) is 5.33 Å². The first-order valence-electron chi connectivity index (χ1n) is 3.73. The monoisotopic (exact) mass is 303 g/mol. The zero-order valence-electron chi connectivity index (χ0n) is 7.24. The summed E-state index contributed by atoms with van der Waals surface area (Å²) >= 11 is 8.81. The van der Waals surface area contributed by atoms with Gasteiger partial charge in [-0.1, -0.05) is 27.5 Å². The van der Waals surface area contributed by atoms with Crippen LogP contribution in [0.5, 0.6) is 5.75 Å². The number of anilines is 1. The lowest BCUT2D eigenvalue weighted by Crippen LogP contribution is -2.18. The lowest BCUT2D eigenvalue weighted by Gasteiger charge is -2.12. The van der Waals surface area contributed by atoms with E-state index in [0.717, 1.165) is 6.07 Å². The maximum atomic E-state index is 11.9. The third-order valence-electron chi connectivity index (χ3n) is 1.55. The van der Waals surface area contributed by atoms with Crippen LogP contribution in [0.2, 0.25) is 5.02 Å². The molecule has 1 aromatic carbocycles. The van der Waals surface area contributed by atoms with Gasteiger partial charge in [-0.2, -0.15) is 0 Å². The molecule has 0 aliphatic heterocycles. The zero-order chi connectivity index (χ0) is 11.6. The minimum Gasteiger partial charge on any atom is -0.404 e. The van der Waals surface area contributed by atoms with Crippen molar-refractivity contribution >= 4 is 33.2 Å². The van der Waals surface area contributed by atoms with Gasteiger partial charge < -0.3 is 10.5 Å². The van der Waals surface area contributed by atoms with Crippen LogP contribution in [0, 0.1) is 0 Å². The summed E-state index contributed by atoms with van der Waals surface area (Å²) in [6, 6.07) is 2.37. The van der Waals surface area contributed by atoms with Crippen LogP contribution in [0.25, 0.3) is 0 Å². The van der Waals surface area contributed by atoms with Gasteiger partial charge in [0.05, 0.1) is 5.69 Å². The minimum atomic E-state index is -4.76. The summed E-state index contributed by atoms with van der Waals surface area (Å²) < 4.78 is 39.5. The highest BCUT2D eigenvalue weighted by atomic mass is 79.9. The van der Waals surface area contributed by atoms with Gasteiger partial charge >= 0.3 is 6.36 Å². The van der Waals surface area contributed by atoms with Gasteiger partial charge in [0.15, 0.2) is 5.75 Å². The number of rotatable bonds is 2. The van der Waals surface area contributed by atoms with Gasteiger partial charge in [-0.05, 0) is 17.7 Å². The molecule has 0 bridgehead atoms. The standard InChI is InChI=1S/C8H6BrClF3NO/c9-3-4-1-7(15-8(11,12)13)6(14)2-5(4)10/h1-2H,3,14H2. The quantitative estimate of drug-likeness (QED) is 0.667. The van der Waals surface area contributed by atoms with E-state index in [1.165, 1.54) is 6.07 Å². The lowest BCUT2D eigenvalue weighted by molar-refractivity contribution is -0.274. The van der Waals surface area contributed by atoms with Gasteiger partial charge in [0.1, 0.15) is 0 Å². The number of nitrogens with two attached hydrogens (primary N) is 1. The molecule has 7 heteroatoms. The number of nitrogen functional groups attached to an aromatic ring is 1. The van der Waals surface area contributed by atoms with E-state index in [0.29, 0.717) is 15.9 Å². The lowest BCUT2D eigenvalue weighted by atomic mass is 10.2. The fourth-order valence-electron chi connectivity index (χ4n) is 0.926. The van der Waals surface area contributed by atoms with E-state index in [9.17, 15) is 13.2 Å². The Labute approximate surface area is 97.3 Å². The van der Waals surface area contributed by atoms with Crippen LogP contribution < -0.4 is 10.5 Å². The summed E-state index contributed by atoms with van der Waals surface area (Å²) in [4.78, 5) is 0. The maximum Gasteiger partial charge on any atom is 0.573 e. The highest BCUT2D eigenvalue weighted by molar-refractivity contribution is 9.08. The Hall–Kier alpha value is -0.620. The number of halogens is 5. The second kappa shape index (κ2) is 4.49. The Bertz CT molecular complexity index is 370. The smallest absolute Gasteiger partial charge is 0.404 e. The summed E-state index contributed by atoms with van der Waals surface area (Å²) in [7, 11) is 0. The van der Waals surface area contributed by atoms with Crippen molar-refractivity contribution in [2.75, 3.05) is 5.73 Å². The number of ether oxygens (including phenoxy) is 1. The Kier molecular flexibility index (Phi) is 3.72. The summed E-state index contributed by atoms with van der Waals surface area (Å²) in [5.41, 5.74) is 5.65. The number of hydrogen-bond acceptors (Lipinski definition) is 2. The van der Waals surface area contributed by atoms with Crippen LogP contribution >= 0.6 is 27.5 Å². The molecule has 0 aliphatic carbocycles. The molecule has 0 saturated carbocycles. The summed E-state index contributed by atoms with van der Waals surface area (Å²) in [5, 5.41) is 0.610. The van der Waals surface area contributed by atoms with Crippen LogP contribution in [0.15, 0.2) is 12.1 Å². The average Bonchev–Trinajstić information content (AvgIpc) is 2.07. The SMILES string of the molecule is Nc1cc(Cl)c(CBr)cc1OC(F)(F)F. The van der Waals surface area contributed by atoms with Crippen molar-refractivity contribution in [1.29, 1.82) is 0 Å². The van der Waals surface area contributed by atoms with Crippen LogP contribution in [0.4, 0.5) is 18.9 Å². The van der Waals surface area contributed by atoms with Gasteiger partial charge in [0.25, 0.3) is 0 Å². The Morgan fingerprint density at radius 2 is 2.00 bits per heavy atom. The first kappa shape index (κ1) is 12.4. The molecule has 0 saturated heterocycles. The number of hydrogen-bond donors (Lipinski definition) is 1. The highest BCUT2D eigenvalue weighted by Crippen LogP contribution is 2.33. The second-order valence-electron chi connectivity index (χ2n) is 2.66.